The molecule has 2 heterocycles. The third kappa shape index (κ3) is 2.69. The van der Waals surface area contributed by atoms with E-state index < -0.39 is 0 Å². The highest BCUT2D eigenvalue weighted by Gasteiger charge is 2.13. The van der Waals surface area contributed by atoms with E-state index in [4.69, 9.17) is 0 Å². The molecule has 1 atom stereocenters. The molecule has 0 fully saturated rings. The van der Waals surface area contributed by atoms with E-state index in [1.807, 2.05) is 18.4 Å². The zero-order valence-electron chi connectivity index (χ0n) is 8.24. The van der Waals surface area contributed by atoms with Gasteiger partial charge in [-0.3, -0.25) is 0 Å². The fourth-order valence-electron chi connectivity index (χ4n) is 1.38. The van der Waals surface area contributed by atoms with Crippen LogP contribution in [0.1, 0.15) is 22.1 Å². The molecular weight excluding hydrogens is 292 g/mol. The number of aliphatic hydroxyl groups is 1. The molecule has 0 bridgehead atoms. The standard InChI is InChI=1S/C11H11BrOS2/c1-7-4-10(15-11(7)12)9(13)5-8-2-3-14-6-8/h2-4,6,9,13H,5H2,1H3. The van der Waals surface area contributed by atoms with Crippen LogP contribution in [0.2, 0.25) is 0 Å². The normalized spacial score (nSPS) is 13.0. The summed E-state index contributed by atoms with van der Waals surface area (Å²) in [4.78, 5) is 1.03. The molecule has 1 unspecified atom stereocenters. The summed E-state index contributed by atoms with van der Waals surface area (Å²) in [6.07, 6.45) is 0.324. The molecule has 0 aromatic carbocycles. The molecule has 2 aromatic rings. The average Bonchev–Trinajstić information content (AvgIpc) is 2.78. The Morgan fingerprint density at radius 1 is 1.53 bits per heavy atom. The lowest BCUT2D eigenvalue weighted by Crippen LogP contribution is -1.97. The maximum absolute atomic E-state index is 10.0. The minimum atomic E-state index is -0.380. The summed E-state index contributed by atoms with van der Waals surface area (Å²) in [5, 5.41) is 14.1. The summed E-state index contributed by atoms with van der Waals surface area (Å²) >= 11 is 6.75. The minimum absolute atomic E-state index is 0.380. The third-order valence-electron chi connectivity index (χ3n) is 2.21. The van der Waals surface area contributed by atoms with E-state index in [9.17, 15) is 5.11 Å². The Hall–Kier alpha value is -0.160. The lowest BCUT2D eigenvalue weighted by atomic mass is 10.1. The third-order valence-corrected chi connectivity index (χ3v) is 5.18. The molecule has 0 amide bonds. The van der Waals surface area contributed by atoms with Crippen molar-refractivity contribution in [2.45, 2.75) is 19.4 Å². The SMILES string of the molecule is Cc1cc(C(O)Cc2ccsc2)sc1Br. The summed E-state index contributed by atoms with van der Waals surface area (Å²) in [6.45, 7) is 2.04. The van der Waals surface area contributed by atoms with Crippen molar-refractivity contribution < 1.29 is 5.11 Å². The molecule has 0 saturated carbocycles. The van der Waals surface area contributed by atoms with E-state index >= 15 is 0 Å². The highest BCUT2D eigenvalue weighted by molar-refractivity contribution is 9.11. The van der Waals surface area contributed by atoms with Crippen LogP contribution in [0.5, 0.6) is 0 Å². The van der Waals surface area contributed by atoms with Gasteiger partial charge in [-0.2, -0.15) is 11.3 Å². The van der Waals surface area contributed by atoms with Crippen molar-refractivity contribution in [2.75, 3.05) is 0 Å². The number of rotatable bonds is 3. The van der Waals surface area contributed by atoms with Crippen LogP contribution in [0.3, 0.4) is 0 Å². The fraction of sp³-hybridized carbons (Fsp3) is 0.273. The Labute approximate surface area is 106 Å². The number of aliphatic hydroxyl groups excluding tert-OH is 1. The Morgan fingerprint density at radius 3 is 2.87 bits per heavy atom. The molecule has 0 radical (unpaired) electrons. The van der Waals surface area contributed by atoms with Crippen LogP contribution in [-0.2, 0) is 6.42 Å². The molecule has 1 nitrogen and oxygen atoms in total. The topological polar surface area (TPSA) is 20.2 Å². The first-order chi connectivity index (χ1) is 7.16. The van der Waals surface area contributed by atoms with Gasteiger partial charge < -0.3 is 5.11 Å². The number of hydrogen-bond acceptors (Lipinski definition) is 3. The van der Waals surface area contributed by atoms with Gasteiger partial charge in [0.15, 0.2) is 0 Å². The Bertz CT molecular complexity index is 414. The molecular formula is C11H11BrOS2. The summed E-state index contributed by atoms with van der Waals surface area (Å²) in [7, 11) is 0. The van der Waals surface area contributed by atoms with Gasteiger partial charge in [-0.1, -0.05) is 0 Å². The van der Waals surface area contributed by atoms with Crippen molar-refractivity contribution in [3.8, 4) is 0 Å². The van der Waals surface area contributed by atoms with Crippen molar-refractivity contribution in [3.63, 3.8) is 0 Å². The fourth-order valence-corrected chi connectivity index (χ4v) is 3.62. The number of halogens is 1. The maximum Gasteiger partial charge on any atom is 0.0922 e. The monoisotopic (exact) mass is 302 g/mol. The maximum atomic E-state index is 10.0. The lowest BCUT2D eigenvalue weighted by molar-refractivity contribution is 0.182. The van der Waals surface area contributed by atoms with E-state index in [1.165, 1.54) is 11.1 Å². The van der Waals surface area contributed by atoms with Crippen molar-refractivity contribution in [1.29, 1.82) is 0 Å². The van der Waals surface area contributed by atoms with Gasteiger partial charge in [0.25, 0.3) is 0 Å². The Kier molecular flexibility index (Phi) is 3.61. The number of hydrogen-bond donors (Lipinski definition) is 1. The van der Waals surface area contributed by atoms with Crippen LogP contribution in [-0.4, -0.2) is 5.11 Å². The zero-order chi connectivity index (χ0) is 10.8. The predicted molar refractivity (Wildman–Crippen MR) is 69.7 cm³/mol. The summed E-state index contributed by atoms with van der Waals surface area (Å²) in [5.41, 5.74) is 2.40. The van der Waals surface area contributed by atoms with Crippen molar-refractivity contribution in [2.24, 2.45) is 0 Å². The van der Waals surface area contributed by atoms with Gasteiger partial charge in [0.05, 0.1) is 9.89 Å². The van der Waals surface area contributed by atoms with Crippen molar-refractivity contribution in [3.05, 3.63) is 42.7 Å². The molecule has 4 heteroatoms. The van der Waals surface area contributed by atoms with E-state index in [2.05, 4.69) is 27.4 Å². The van der Waals surface area contributed by atoms with Crippen molar-refractivity contribution in [1.82, 2.24) is 0 Å². The highest BCUT2D eigenvalue weighted by atomic mass is 79.9. The Balaban J connectivity index is 2.11. The first-order valence-electron chi connectivity index (χ1n) is 4.62. The highest BCUT2D eigenvalue weighted by Crippen LogP contribution is 2.32. The molecule has 0 aliphatic heterocycles. The minimum Gasteiger partial charge on any atom is -0.387 e. The van der Waals surface area contributed by atoms with Gasteiger partial charge in [-0.15, -0.1) is 11.3 Å². The molecule has 0 saturated heterocycles. The molecule has 1 N–H and O–H groups in total. The molecule has 0 spiro atoms. The molecule has 0 aliphatic rings. The molecule has 80 valence electrons. The van der Waals surface area contributed by atoms with E-state index in [1.54, 1.807) is 22.7 Å². The second-order valence-electron chi connectivity index (χ2n) is 3.46. The Morgan fingerprint density at radius 2 is 2.33 bits per heavy atom. The van der Waals surface area contributed by atoms with Gasteiger partial charge in [0, 0.05) is 11.3 Å². The zero-order valence-corrected chi connectivity index (χ0v) is 11.5. The molecule has 0 aliphatic carbocycles. The lowest BCUT2D eigenvalue weighted by Gasteiger charge is -2.06. The van der Waals surface area contributed by atoms with Crippen LogP contribution in [0.25, 0.3) is 0 Å². The quantitative estimate of drug-likeness (QED) is 0.903. The van der Waals surface area contributed by atoms with E-state index in [-0.39, 0.29) is 6.10 Å². The van der Waals surface area contributed by atoms with Gasteiger partial charge in [-0.05, 0) is 56.9 Å². The average molecular weight is 303 g/mol. The molecule has 2 rings (SSSR count). The summed E-state index contributed by atoms with van der Waals surface area (Å²) in [6, 6.07) is 4.11. The number of aryl methyl sites for hydroxylation is 1. The van der Waals surface area contributed by atoms with Gasteiger partial charge in [0.1, 0.15) is 0 Å². The molecule has 15 heavy (non-hydrogen) atoms. The smallest absolute Gasteiger partial charge is 0.0922 e. The van der Waals surface area contributed by atoms with Crippen LogP contribution in [0.15, 0.2) is 26.7 Å². The second kappa shape index (κ2) is 4.78. The largest absolute Gasteiger partial charge is 0.387 e. The molecule has 2 aromatic heterocycles. The van der Waals surface area contributed by atoms with Crippen LogP contribution < -0.4 is 0 Å². The summed E-state index contributed by atoms with van der Waals surface area (Å²) < 4.78 is 1.11. The first kappa shape index (κ1) is 11.3. The van der Waals surface area contributed by atoms with Gasteiger partial charge in [-0.25, -0.2) is 0 Å². The van der Waals surface area contributed by atoms with E-state index in [0.717, 1.165) is 8.66 Å². The van der Waals surface area contributed by atoms with Gasteiger partial charge in [0.2, 0.25) is 0 Å². The van der Waals surface area contributed by atoms with E-state index in [0.29, 0.717) is 6.42 Å². The number of thiophene rings is 2. The van der Waals surface area contributed by atoms with Crippen molar-refractivity contribution >= 4 is 38.6 Å². The summed E-state index contributed by atoms with van der Waals surface area (Å²) in [5.74, 6) is 0. The predicted octanol–water partition coefficient (Wildman–Crippen LogP) is 4.16. The van der Waals surface area contributed by atoms with Crippen LogP contribution in [0.4, 0.5) is 0 Å². The van der Waals surface area contributed by atoms with Crippen LogP contribution >= 0.6 is 38.6 Å². The van der Waals surface area contributed by atoms with Crippen LogP contribution in [0, 0.1) is 6.92 Å². The van der Waals surface area contributed by atoms with Gasteiger partial charge >= 0.3 is 0 Å². The second-order valence-corrected chi connectivity index (χ2v) is 6.64. The first-order valence-corrected chi connectivity index (χ1v) is 7.17.